The van der Waals surface area contributed by atoms with Crippen LogP contribution in [0.2, 0.25) is 0 Å². The van der Waals surface area contributed by atoms with Crippen LogP contribution in [0, 0.1) is 5.92 Å². The molecule has 1 fully saturated rings. The first-order chi connectivity index (χ1) is 9.18. The summed E-state index contributed by atoms with van der Waals surface area (Å²) in [5.41, 5.74) is 13.0. The van der Waals surface area contributed by atoms with Crippen LogP contribution in [-0.2, 0) is 0 Å². The second-order valence-electron chi connectivity index (χ2n) is 5.35. The Hall–Kier alpha value is -1.71. The zero-order chi connectivity index (χ0) is 13.7. The van der Waals surface area contributed by atoms with Gasteiger partial charge >= 0.3 is 0 Å². The molecule has 1 amide bonds. The molecule has 4 nitrogen and oxygen atoms in total. The Bertz CT molecular complexity index is 439. The first kappa shape index (κ1) is 13.7. The van der Waals surface area contributed by atoms with Crippen LogP contribution in [0.1, 0.15) is 48.9 Å². The minimum absolute atomic E-state index is 0.438. The molecule has 0 unspecified atom stereocenters. The minimum atomic E-state index is -0.438. The number of amides is 1. The monoisotopic (exact) mass is 261 g/mol. The van der Waals surface area contributed by atoms with Crippen LogP contribution in [0.15, 0.2) is 18.2 Å². The quantitative estimate of drug-likeness (QED) is 0.713. The number of para-hydroxylation sites is 1. The summed E-state index contributed by atoms with van der Waals surface area (Å²) in [6.45, 7) is 0.846. The molecule has 0 saturated heterocycles. The predicted molar refractivity (Wildman–Crippen MR) is 79.1 cm³/mol. The molecule has 19 heavy (non-hydrogen) atoms. The Morgan fingerprint density at radius 3 is 2.68 bits per heavy atom. The summed E-state index contributed by atoms with van der Waals surface area (Å²) in [4.78, 5) is 11.4. The van der Waals surface area contributed by atoms with Crippen molar-refractivity contribution in [3.63, 3.8) is 0 Å². The largest absolute Gasteiger partial charge is 0.397 e. The standard InChI is InChI=1S/C15H23N3O/c16-13-8-4-7-12(15(17)19)14(13)18-10-9-11-5-2-1-3-6-11/h4,7-8,11,18H,1-3,5-6,9-10,16H2,(H2,17,19). The van der Waals surface area contributed by atoms with Crippen molar-refractivity contribution >= 4 is 17.3 Å². The zero-order valence-electron chi connectivity index (χ0n) is 11.3. The molecule has 0 spiro atoms. The third-order valence-corrected chi connectivity index (χ3v) is 3.94. The highest BCUT2D eigenvalue weighted by Crippen LogP contribution is 2.27. The SMILES string of the molecule is NC(=O)c1cccc(N)c1NCCC1CCCCC1. The van der Waals surface area contributed by atoms with E-state index in [0.29, 0.717) is 16.9 Å². The van der Waals surface area contributed by atoms with Crippen LogP contribution < -0.4 is 16.8 Å². The van der Waals surface area contributed by atoms with Crippen LogP contribution in [0.3, 0.4) is 0 Å². The summed E-state index contributed by atoms with van der Waals surface area (Å²) in [6.07, 6.45) is 7.87. The molecule has 1 saturated carbocycles. The highest BCUT2D eigenvalue weighted by Gasteiger charge is 2.14. The summed E-state index contributed by atoms with van der Waals surface area (Å²) in [7, 11) is 0. The maximum absolute atomic E-state index is 11.4. The predicted octanol–water partition coefficient (Wildman–Crippen LogP) is 2.75. The van der Waals surface area contributed by atoms with Gasteiger partial charge in [0, 0.05) is 6.54 Å². The molecule has 4 heteroatoms. The van der Waals surface area contributed by atoms with Crippen LogP contribution in [-0.4, -0.2) is 12.5 Å². The molecule has 0 bridgehead atoms. The molecule has 0 atom stereocenters. The summed E-state index contributed by atoms with van der Waals surface area (Å²) in [5, 5.41) is 3.28. The molecule has 0 heterocycles. The number of carbonyl (C=O) groups is 1. The maximum atomic E-state index is 11.4. The molecular weight excluding hydrogens is 238 g/mol. The van der Waals surface area contributed by atoms with Gasteiger partial charge in [0.15, 0.2) is 0 Å². The number of nitrogens with one attached hydrogen (secondary N) is 1. The number of benzene rings is 1. The molecule has 0 aliphatic heterocycles. The first-order valence-corrected chi connectivity index (χ1v) is 7.10. The third kappa shape index (κ3) is 3.63. The normalized spacial score (nSPS) is 16.2. The second kappa shape index (κ2) is 6.45. The van der Waals surface area contributed by atoms with Gasteiger partial charge in [-0.1, -0.05) is 38.2 Å². The number of anilines is 2. The van der Waals surface area contributed by atoms with Crippen molar-refractivity contribution in [2.24, 2.45) is 11.7 Å². The van der Waals surface area contributed by atoms with Gasteiger partial charge in [0.2, 0.25) is 0 Å². The molecule has 5 N–H and O–H groups in total. The van der Waals surface area contributed by atoms with E-state index >= 15 is 0 Å². The lowest BCUT2D eigenvalue weighted by atomic mass is 9.87. The van der Waals surface area contributed by atoms with E-state index < -0.39 is 5.91 Å². The fourth-order valence-corrected chi connectivity index (χ4v) is 2.85. The Morgan fingerprint density at radius 1 is 1.26 bits per heavy atom. The second-order valence-corrected chi connectivity index (χ2v) is 5.35. The van der Waals surface area contributed by atoms with Gasteiger partial charge in [-0.25, -0.2) is 0 Å². The van der Waals surface area contributed by atoms with E-state index in [2.05, 4.69) is 5.32 Å². The van der Waals surface area contributed by atoms with E-state index in [1.54, 1.807) is 18.2 Å². The van der Waals surface area contributed by atoms with Crippen molar-refractivity contribution in [3.05, 3.63) is 23.8 Å². The van der Waals surface area contributed by atoms with Crippen molar-refractivity contribution in [1.29, 1.82) is 0 Å². The van der Waals surface area contributed by atoms with E-state index in [4.69, 9.17) is 11.5 Å². The Balaban J connectivity index is 1.93. The fraction of sp³-hybridized carbons (Fsp3) is 0.533. The van der Waals surface area contributed by atoms with Gasteiger partial charge in [-0.05, 0) is 24.5 Å². The fourth-order valence-electron chi connectivity index (χ4n) is 2.85. The highest BCUT2D eigenvalue weighted by atomic mass is 16.1. The molecule has 0 aromatic heterocycles. The summed E-state index contributed by atoms with van der Waals surface area (Å²) in [6, 6.07) is 5.25. The highest BCUT2D eigenvalue weighted by molar-refractivity contribution is 6.01. The lowest BCUT2D eigenvalue weighted by Gasteiger charge is -2.22. The lowest BCUT2D eigenvalue weighted by molar-refractivity contribution is 0.100. The number of nitrogens with two attached hydrogens (primary N) is 2. The molecule has 1 aromatic rings. The van der Waals surface area contributed by atoms with Crippen molar-refractivity contribution < 1.29 is 4.79 Å². The topological polar surface area (TPSA) is 81.1 Å². The Kier molecular flexibility index (Phi) is 4.66. The van der Waals surface area contributed by atoms with E-state index in [1.807, 2.05) is 0 Å². The number of carbonyl (C=O) groups excluding carboxylic acids is 1. The van der Waals surface area contributed by atoms with Gasteiger partial charge in [-0.15, -0.1) is 0 Å². The van der Waals surface area contributed by atoms with E-state index in [0.717, 1.165) is 18.9 Å². The summed E-state index contributed by atoms with van der Waals surface area (Å²) >= 11 is 0. The number of nitrogen functional groups attached to an aromatic ring is 1. The van der Waals surface area contributed by atoms with E-state index in [1.165, 1.54) is 32.1 Å². The minimum Gasteiger partial charge on any atom is -0.397 e. The molecule has 0 radical (unpaired) electrons. The van der Waals surface area contributed by atoms with Crippen molar-refractivity contribution in [2.45, 2.75) is 38.5 Å². The Morgan fingerprint density at radius 2 is 2.00 bits per heavy atom. The Labute approximate surface area is 114 Å². The van der Waals surface area contributed by atoms with Crippen LogP contribution in [0.25, 0.3) is 0 Å². The van der Waals surface area contributed by atoms with Crippen LogP contribution in [0.5, 0.6) is 0 Å². The van der Waals surface area contributed by atoms with Crippen molar-refractivity contribution in [2.75, 3.05) is 17.6 Å². The van der Waals surface area contributed by atoms with Gasteiger partial charge in [0.25, 0.3) is 5.91 Å². The van der Waals surface area contributed by atoms with E-state index in [9.17, 15) is 4.79 Å². The molecule has 1 aliphatic rings. The first-order valence-electron chi connectivity index (χ1n) is 7.10. The maximum Gasteiger partial charge on any atom is 0.250 e. The summed E-state index contributed by atoms with van der Waals surface area (Å²) < 4.78 is 0. The zero-order valence-corrected chi connectivity index (χ0v) is 11.3. The molecule has 1 aliphatic carbocycles. The van der Waals surface area contributed by atoms with Gasteiger partial charge in [-0.2, -0.15) is 0 Å². The van der Waals surface area contributed by atoms with Crippen molar-refractivity contribution in [3.8, 4) is 0 Å². The smallest absolute Gasteiger partial charge is 0.250 e. The van der Waals surface area contributed by atoms with Crippen LogP contribution >= 0.6 is 0 Å². The third-order valence-electron chi connectivity index (χ3n) is 3.94. The number of hydrogen-bond acceptors (Lipinski definition) is 3. The van der Waals surface area contributed by atoms with Crippen molar-refractivity contribution in [1.82, 2.24) is 0 Å². The van der Waals surface area contributed by atoms with Crippen LogP contribution in [0.4, 0.5) is 11.4 Å². The number of hydrogen-bond donors (Lipinski definition) is 3. The number of primary amides is 1. The van der Waals surface area contributed by atoms with E-state index in [-0.39, 0.29) is 0 Å². The molecule has 1 aromatic carbocycles. The molecular formula is C15H23N3O. The molecule has 104 valence electrons. The van der Waals surface area contributed by atoms with Gasteiger partial charge in [-0.3, -0.25) is 4.79 Å². The van der Waals surface area contributed by atoms with Gasteiger partial charge in [0.1, 0.15) is 0 Å². The number of rotatable bonds is 5. The van der Waals surface area contributed by atoms with Gasteiger partial charge < -0.3 is 16.8 Å². The average molecular weight is 261 g/mol. The summed E-state index contributed by atoms with van der Waals surface area (Å²) in [5.74, 6) is 0.371. The average Bonchev–Trinajstić information content (AvgIpc) is 2.41. The lowest BCUT2D eigenvalue weighted by Crippen LogP contribution is -2.17. The molecule has 2 rings (SSSR count). The van der Waals surface area contributed by atoms with Gasteiger partial charge in [0.05, 0.1) is 16.9 Å².